The van der Waals surface area contributed by atoms with Crippen LogP contribution >= 0.6 is 0 Å². The number of benzene rings is 1. The van der Waals surface area contributed by atoms with Crippen molar-refractivity contribution < 1.29 is 19.2 Å². The van der Waals surface area contributed by atoms with Crippen LogP contribution in [0, 0.1) is 10.1 Å². The van der Waals surface area contributed by atoms with Gasteiger partial charge in [-0.1, -0.05) is 0 Å². The Morgan fingerprint density at radius 3 is 2.74 bits per heavy atom. The number of nitrogens with two attached hydrogens (primary N) is 2. The minimum absolute atomic E-state index is 0.0838. The Balaban J connectivity index is 1.40. The lowest BCUT2D eigenvalue weighted by Crippen LogP contribution is -2.39. The molecule has 176 valence electrons. The second-order valence-electron chi connectivity index (χ2n) is 7.81. The number of anilines is 2. The summed E-state index contributed by atoms with van der Waals surface area (Å²) < 4.78 is 6.89. The van der Waals surface area contributed by atoms with E-state index in [9.17, 15) is 19.7 Å². The fraction of sp³-hybridized carbons (Fsp3) is 0.238. The molecule has 0 unspecified atom stereocenters. The zero-order valence-corrected chi connectivity index (χ0v) is 18.2. The van der Waals surface area contributed by atoms with E-state index in [4.69, 9.17) is 16.2 Å². The van der Waals surface area contributed by atoms with E-state index in [2.05, 4.69) is 15.4 Å². The van der Waals surface area contributed by atoms with Gasteiger partial charge in [0.1, 0.15) is 5.82 Å². The Hall–Kier alpha value is -4.68. The summed E-state index contributed by atoms with van der Waals surface area (Å²) in [5.41, 5.74) is 13.2. The predicted molar refractivity (Wildman–Crippen MR) is 122 cm³/mol. The minimum Gasteiger partial charge on any atom is -0.408 e. The average molecular weight is 466 g/mol. The van der Waals surface area contributed by atoms with Gasteiger partial charge in [0.2, 0.25) is 0 Å². The molecule has 2 aromatic heterocycles. The van der Waals surface area contributed by atoms with E-state index in [1.807, 2.05) is 0 Å². The van der Waals surface area contributed by atoms with Crippen LogP contribution in [0.4, 0.5) is 22.0 Å². The number of aryl methyl sites for hydroxylation is 1. The SMILES string of the molecule is Cn1cc(-c2cnc(N)c(C(=O)N[C@@H]3CCN(C(=O)Oc4cc([N+](=O)[O-])ccc4N)C3)c2)cn1. The maximum absolute atomic E-state index is 12.9. The summed E-state index contributed by atoms with van der Waals surface area (Å²) in [4.78, 5) is 41.2. The fourth-order valence-corrected chi connectivity index (χ4v) is 3.58. The lowest BCUT2D eigenvalue weighted by atomic mass is 10.1. The highest BCUT2D eigenvalue weighted by molar-refractivity contribution is 5.99. The summed E-state index contributed by atoms with van der Waals surface area (Å²) in [6.07, 6.45) is 4.79. The summed E-state index contributed by atoms with van der Waals surface area (Å²) in [6, 6.07) is 4.90. The van der Waals surface area contributed by atoms with E-state index in [1.54, 1.807) is 36.4 Å². The van der Waals surface area contributed by atoms with Gasteiger partial charge in [0.05, 0.1) is 28.4 Å². The molecule has 0 radical (unpaired) electrons. The van der Waals surface area contributed by atoms with Crippen molar-refractivity contribution in [3.8, 4) is 16.9 Å². The molecule has 3 aromatic rings. The lowest BCUT2D eigenvalue weighted by molar-refractivity contribution is -0.384. The predicted octanol–water partition coefficient (Wildman–Crippen LogP) is 1.56. The molecule has 3 heterocycles. The van der Waals surface area contributed by atoms with E-state index >= 15 is 0 Å². The third-order valence-electron chi connectivity index (χ3n) is 5.39. The molecule has 2 amide bonds. The van der Waals surface area contributed by atoms with Crippen LogP contribution in [-0.2, 0) is 7.05 Å². The molecule has 5 N–H and O–H groups in total. The summed E-state index contributed by atoms with van der Waals surface area (Å²) in [7, 11) is 1.78. The number of aromatic nitrogens is 3. The molecule has 1 aliphatic rings. The zero-order chi connectivity index (χ0) is 24.4. The number of nitrogens with one attached hydrogen (secondary N) is 1. The van der Waals surface area contributed by atoms with E-state index in [0.29, 0.717) is 18.5 Å². The van der Waals surface area contributed by atoms with Crippen LogP contribution in [0.15, 0.2) is 42.9 Å². The van der Waals surface area contributed by atoms with Crippen LogP contribution in [0.2, 0.25) is 0 Å². The first-order chi connectivity index (χ1) is 16.2. The molecule has 1 aromatic carbocycles. The Labute approximate surface area is 193 Å². The van der Waals surface area contributed by atoms with E-state index in [0.717, 1.165) is 11.6 Å². The number of nitrogen functional groups attached to an aromatic ring is 2. The molecule has 1 atom stereocenters. The van der Waals surface area contributed by atoms with E-state index in [-0.39, 0.29) is 41.1 Å². The number of rotatable bonds is 5. The number of amides is 2. The smallest absolute Gasteiger partial charge is 0.408 e. The van der Waals surface area contributed by atoms with Gasteiger partial charge in [-0.25, -0.2) is 9.78 Å². The summed E-state index contributed by atoms with van der Waals surface area (Å²) in [5, 5.41) is 17.9. The van der Waals surface area contributed by atoms with Gasteiger partial charge in [-0.2, -0.15) is 5.10 Å². The van der Waals surface area contributed by atoms with Gasteiger partial charge in [-0.05, 0) is 18.6 Å². The molecule has 0 aliphatic carbocycles. The molecule has 0 bridgehead atoms. The second-order valence-corrected chi connectivity index (χ2v) is 7.81. The van der Waals surface area contributed by atoms with Crippen molar-refractivity contribution in [2.75, 3.05) is 24.6 Å². The molecule has 1 fully saturated rings. The van der Waals surface area contributed by atoms with Gasteiger partial charge < -0.3 is 26.4 Å². The Morgan fingerprint density at radius 2 is 2.03 bits per heavy atom. The molecule has 0 spiro atoms. The van der Waals surface area contributed by atoms with Gasteiger partial charge in [-0.3, -0.25) is 19.6 Å². The molecule has 1 aliphatic heterocycles. The van der Waals surface area contributed by atoms with Crippen molar-refractivity contribution in [1.29, 1.82) is 0 Å². The normalized spacial score (nSPS) is 15.2. The van der Waals surface area contributed by atoms with Crippen molar-refractivity contribution in [2.45, 2.75) is 12.5 Å². The van der Waals surface area contributed by atoms with Crippen LogP contribution in [0.1, 0.15) is 16.8 Å². The lowest BCUT2D eigenvalue weighted by Gasteiger charge is -2.17. The van der Waals surface area contributed by atoms with E-state index in [1.165, 1.54) is 17.0 Å². The molecule has 0 saturated carbocycles. The molecule has 34 heavy (non-hydrogen) atoms. The van der Waals surface area contributed by atoms with Crippen LogP contribution in [0.3, 0.4) is 0 Å². The number of nitro groups is 1. The summed E-state index contributed by atoms with van der Waals surface area (Å²) in [6.45, 7) is 0.511. The van der Waals surface area contributed by atoms with Crippen LogP contribution in [-0.4, -0.2) is 55.7 Å². The topological polar surface area (TPSA) is 185 Å². The maximum atomic E-state index is 12.9. The largest absolute Gasteiger partial charge is 0.415 e. The standard InChI is InChI=1S/C21H22N8O5/c1-27-10-13(9-25-27)12-6-16(19(23)24-8-12)20(30)26-14-4-5-28(11-14)21(31)34-18-7-15(29(32)33)2-3-17(18)22/h2-3,6-10,14H,4-5,11,22H2,1H3,(H2,23,24)(H,26,30)/t14-/m1/s1. The van der Waals surface area contributed by atoms with Crippen molar-refractivity contribution >= 4 is 29.2 Å². The Bertz CT molecular complexity index is 1270. The molecule has 13 nitrogen and oxygen atoms in total. The Kier molecular flexibility index (Phi) is 5.99. The van der Waals surface area contributed by atoms with Crippen LogP contribution in [0.25, 0.3) is 11.1 Å². The molecule has 1 saturated heterocycles. The fourth-order valence-electron chi connectivity index (χ4n) is 3.58. The van der Waals surface area contributed by atoms with Crippen molar-refractivity contribution in [3.63, 3.8) is 0 Å². The Morgan fingerprint density at radius 1 is 1.24 bits per heavy atom. The summed E-state index contributed by atoms with van der Waals surface area (Å²) >= 11 is 0. The summed E-state index contributed by atoms with van der Waals surface area (Å²) in [5.74, 6) is -0.433. The highest BCUT2D eigenvalue weighted by Crippen LogP contribution is 2.28. The number of carbonyl (C=O) groups is 2. The number of non-ortho nitro benzene ring substituents is 1. The van der Waals surface area contributed by atoms with Crippen molar-refractivity contribution in [2.24, 2.45) is 7.05 Å². The monoisotopic (exact) mass is 466 g/mol. The number of nitrogens with zero attached hydrogens (tertiary/aromatic N) is 5. The van der Waals surface area contributed by atoms with Crippen LogP contribution in [0.5, 0.6) is 5.75 Å². The van der Waals surface area contributed by atoms with E-state index < -0.39 is 16.9 Å². The van der Waals surface area contributed by atoms with Gasteiger partial charge in [0, 0.05) is 55.8 Å². The van der Waals surface area contributed by atoms with Gasteiger partial charge >= 0.3 is 6.09 Å². The zero-order valence-electron chi connectivity index (χ0n) is 18.2. The first kappa shape index (κ1) is 22.5. The van der Waals surface area contributed by atoms with Crippen molar-refractivity contribution in [1.82, 2.24) is 25.0 Å². The van der Waals surface area contributed by atoms with Crippen molar-refractivity contribution in [3.05, 3.63) is 58.5 Å². The van der Waals surface area contributed by atoms with Gasteiger partial charge in [0.15, 0.2) is 5.75 Å². The first-order valence-corrected chi connectivity index (χ1v) is 10.3. The van der Waals surface area contributed by atoms with Gasteiger partial charge in [0.25, 0.3) is 11.6 Å². The highest BCUT2D eigenvalue weighted by atomic mass is 16.6. The number of pyridine rings is 1. The molecule has 13 heteroatoms. The van der Waals surface area contributed by atoms with Crippen LogP contribution < -0.4 is 21.5 Å². The van der Waals surface area contributed by atoms with Gasteiger partial charge in [-0.15, -0.1) is 0 Å². The third-order valence-corrected chi connectivity index (χ3v) is 5.39. The first-order valence-electron chi connectivity index (χ1n) is 10.3. The second kappa shape index (κ2) is 9.05. The number of likely N-dealkylation sites (tertiary alicyclic amines) is 1. The average Bonchev–Trinajstić information content (AvgIpc) is 3.44. The third kappa shape index (κ3) is 4.72. The number of hydrogen-bond acceptors (Lipinski definition) is 9. The molecular weight excluding hydrogens is 444 g/mol. The highest BCUT2D eigenvalue weighted by Gasteiger charge is 2.30. The quantitative estimate of drug-likeness (QED) is 0.285. The number of nitro benzene ring substituents is 1. The molecule has 4 rings (SSSR count). The minimum atomic E-state index is -0.719. The number of carbonyl (C=O) groups excluding carboxylic acids is 2. The molecular formula is C21H22N8O5. The number of hydrogen-bond donors (Lipinski definition) is 3. The number of ether oxygens (including phenoxy) is 1. The maximum Gasteiger partial charge on any atom is 0.415 e.